The van der Waals surface area contributed by atoms with Crippen LogP contribution in [0.2, 0.25) is 0 Å². The molecule has 2 rings (SSSR count). The van der Waals surface area contributed by atoms with Gasteiger partial charge < -0.3 is 15.4 Å². The molecule has 1 aromatic carbocycles. The second kappa shape index (κ2) is 12.1. The number of rotatable bonds is 9. The standard InChI is InChI=1S/C19H30BrN3O.HI/c1-3-24-13-5-4-12-22-18(21-2)23-15-19(10-7-11-19)16-8-6-9-17(20)14-16;/h6,8-9,14H,3-5,7,10-13,15H2,1-2H3,(H2,21,22,23);1H. The van der Waals surface area contributed by atoms with E-state index in [0.717, 1.165) is 49.6 Å². The molecule has 0 bridgehead atoms. The summed E-state index contributed by atoms with van der Waals surface area (Å²) in [7, 11) is 1.84. The lowest BCUT2D eigenvalue weighted by Crippen LogP contribution is -2.49. The Hall–Kier alpha value is -0.340. The molecule has 1 aromatic rings. The Balaban J connectivity index is 0.00000312. The van der Waals surface area contributed by atoms with Gasteiger partial charge in [0.15, 0.2) is 5.96 Å². The molecule has 6 heteroatoms. The van der Waals surface area contributed by atoms with E-state index in [0.29, 0.717) is 0 Å². The van der Waals surface area contributed by atoms with E-state index in [1.165, 1.54) is 24.8 Å². The molecule has 4 nitrogen and oxygen atoms in total. The van der Waals surface area contributed by atoms with Crippen molar-refractivity contribution in [1.29, 1.82) is 0 Å². The summed E-state index contributed by atoms with van der Waals surface area (Å²) < 4.78 is 6.52. The molecule has 25 heavy (non-hydrogen) atoms. The fourth-order valence-electron chi connectivity index (χ4n) is 3.14. The van der Waals surface area contributed by atoms with E-state index in [9.17, 15) is 0 Å². The molecular weight excluding hydrogens is 493 g/mol. The van der Waals surface area contributed by atoms with Crippen LogP contribution in [-0.2, 0) is 10.2 Å². The second-order valence-electron chi connectivity index (χ2n) is 6.40. The second-order valence-corrected chi connectivity index (χ2v) is 7.32. The van der Waals surface area contributed by atoms with Crippen molar-refractivity contribution < 1.29 is 4.74 Å². The molecule has 1 aliphatic rings. The Morgan fingerprint density at radius 3 is 2.68 bits per heavy atom. The molecule has 142 valence electrons. The monoisotopic (exact) mass is 523 g/mol. The number of nitrogens with zero attached hydrogens (tertiary/aromatic N) is 1. The molecule has 0 spiro atoms. The van der Waals surface area contributed by atoms with E-state index in [2.05, 4.69) is 55.8 Å². The maximum absolute atomic E-state index is 5.36. The van der Waals surface area contributed by atoms with Gasteiger partial charge in [0, 0.05) is 43.2 Å². The van der Waals surface area contributed by atoms with Crippen LogP contribution >= 0.6 is 39.9 Å². The predicted molar refractivity (Wildman–Crippen MR) is 120 cm³/mol. The zero-order valence-corrected chi connectivity index (χ0v) is 19.2. The fraction of sp³-hybridized carbons (Fsp3) is 0.632. The Morgan fingerprint density at radius 2 is 2.08 bits per heavy atom. The summed E-state index contributed by atoms with van der Waals surface area (Å²) >= 11 is 3.59. The Morgan fingerprint density at radius 1 is 1.28 bits per heavy atom. The topological polar surface area (TPSA) is 45.6 Å². The van der Waals surface area contributed by atoms with Gasteiger partial charge in [-0.25, -0.2) is 0 Å². The van der Waals surface area contributed by atoms with Crippen molar-refractivity contribution in [2.24, 2.45) is 4.99 Å². The van der Waals surface area contributed by atoms with Gasteiger partial charge in [-0.05, 0) is 50.3 Å². The first-order chi connectivity index (χ1) is 11.7. The van der Waals surface area contributed by atoms with Crippen LogP contribution in [0.15, 0.2) is 33.7 Å². The van der Waals surface area contributed by atoms with Crippen LogP contribution in [0, 0.1) is 0 Å². The van der Waals surface area contributed by atoms with Crippen molar-refractivity contribution in [3.8, 4) is 0 Å². The minimum Gasteiger partial charge on any atom is -0.382 e. The van der Waals surface area contributed by atoms with E-state index in [4.69, 9.17) is 4.74 Å². The van der Waals surface area contributed by atoms with E-state index in [1.807, 2.05) is 14.0 Å². The van der Waals surface area contributed by atoms with Gasteiger partial charge in [-0.3, -0.25) is 4.99 Å². The molecule has 0 aliphatic heterocycles. The third kappa shape index (κ3) is 7.06. The zero-order chi connectivity index (χ0) is 17.3. The molecule has 1 saturated carbocycles. The van der Waals surface area contributed by atoms with Crippen LogP contribution in [0.3, 0.4) is 0 Å². The number of nitrogens with one attached hydrogen (secondary N) is 2. The van der Waals surface area contributed by atoms with Gasteiger partial charge >= 0.3 is 0 Å². The molecule has 0 radical (unpaired) electrons. The van der Waals surface area contributed by atoms with Gasteiger partial charge in [0.1, 0.15) is 0 Å². The van der Waals surface area contributed by atoms with Crippen molar-refractivity contribution in [3.63, 3.8) is 0 Å². The van der Waals surface area contributed by atoms with Crippen LogP contribution in [0.25, 0.3) is 0 Å². The average Bonchev–Trinajstić information content (AvgIpc) is 2.55. The summed E-state index contributed by atoms with van der Waals surface area (Å²) in [4.78, 5) is 4.35. The highest BCUT2D eigenvalue weighted by Crippen LogP contribution is 2.43. The number of benzene rings is 1. The minimum absolute atomic E-state index is 0. The lowest BCUT2D eigenvalue weighted by atomic mass is 9.64. The van der Waals surface area contributed by atoms with Crippen LogP contribution in [0.5, 0.6) is 0 Å². The summed E-state index contributed by atoms with van der Waals surface area (Å²) in [5, 5.41) is 6.93. The van der Waals surface area contributed by atoms with Crippen molar-refractivity contribution in [2.75, 3.05) is 33.4 Å². The molecular formula is C19H31BrIN3O. The number of aliphatic imine (C=N–C) groups is 1. The molecule has 2 N–H and O–H groups in total. The van der Waals surface area contributed by atoms with Gasteiger partial charge in [0.05, 0.1) is 0 Å². The van der Waals surface area contributed by atoms with Crippen molar-refractivity contribution in [3.05, 3.63) is 34.3 Å². The lowest BCUT2D eigenvalue weighted by Gasteiger charge is -2.43. The minimum atomic E-state index is 0. The molecule has 0 amide bonds. The van der Waals surface area contributed by atoms with Crippen LogP contribution < -0.4 is 10.6 Å². The number of unbranched alkanes of at least 4 members (excludes halogenated alkanes) is 1. The smallest absolute Gasteiger partial charge is 0.191 e. The number of hydrogen-bond acceptors (Lipinski definition) is 2. The van der Waals surface area contributed by atoms with Crippen LogP contribution in [-0.4, -0.2) is 39.3 Å². The highest BCUT2D eigenvalue weighted by atomic mass is 127. The largest absolute Gasteiger partial charge is 0.382 e. The third-order valence-electron chi connectivity index (χ3n) is 4.78. The van der Waals surface area contributed by atoms with Crippen LogP contribution in [0.4, 0.5) is 0 Å². The quantitative estimate of drug-likeness (QED) is 0.217. The molecule has 1 fully saturated rings. The third-order valence-corrected chi connectivity index (χ3v) is 5.27. The summed E-state index contributed by atoms with van der Waals surface area (Å²) in [5.41, 5.74) is 1.67. The fourth-order valence-corrected chi connectivity index (χ4v) is 3.54. The van der Waals surface area contributed by atoms with Gasteiger partial charge in [0.25, 0.3) is 0 Å². The van der Waals surface area contributed by atoms with Gasteiger partial charge in [-0.1, -0.05) is 34.5 Å². The van der Waals surface area contributed by atoms with Crippen LogP contribution in [0.1, 0.15) is 44.6 Å². The van der Waals surface area contributed by atoms with E-state index >= 15 is 0 Å². The SMILES string of the molecule is CCOCCCCNC(=NC)NCC1(c2cccc(Br)c2)CCC1.I. The molecule has 0 unspecified atom stereocenters. The first-order valence-electron chi connectivity index (χ1n) is 8.98. The first-order valence-corrected chi connectivity index (χ1v) is 9.78. The molecule has 0 saturated heterocycles. The number of hydrogen-bond donors (Lipinski definition) is 2. The van der Waals surface area contributed by atoms with E-state index in [-0.39, 0.29) is 29.4 Å². The van der Waals surface area contributed by atoms with Crippen molar-refractivity contribution in [1.82, 2.24) is 10.6 Å². The maximum Gasteiger partial charge on any atom is 0.191 e. The highest BCUT2D eigenvalue weighted by molar-refractivity contribution is 14.0. The Kier molecular flexibility index (Phi) is 11.0. The van der Waals surface area contributed by atoms with Crippen molar-refractivity contribution >= 4 is 45.9 Å². The maximum atomic E-state index is 5.36. The number of halogens is 2. The summed E-state index contributed by atoms with van der Waals surface area (Å²) in [6.45, 7) is 5.54. The normalized spacial score (nSPS) is 15.9. The molecule has 0 heterocycles. The molecule has 0 atom stereocenters. The number of ether oxygens (including phenoxy) is 1. The highest BCUT2D eigenvalue weighted by Gasteiger charge is 2.38. The Labute approximate surface area is 177 Å². The Bertz CT molecular complexity index is 535. The zero-order valence-electron chi connectivity index (χ0n) is 15.3. The van der Waals surface area contributed by atoms with Gasteiger partial charge in [-0.2, -0.15) is 0 Å². The molecule has 0 aromatic heterocycles. The lowest BCUT2D eigenvalue weighted by molar-refractivity contribution is 0.143. The van der Waals surface area contributed by atoms with Crippen molar-refractivity contribution in [2.45, 2.75) is 44.4 Å². The van der Waals surface area contributed by atoms with E-state index < -0.39 is 0 Å². The molecule has 1 aliphatic carbocycles. The number of guanidine groups is 1. The van der Waals surface area contributed by atoms with Gasteiger partial charge in [-0.15, -0.1) is 24.0 Å². The first kappa shape index (κ1) is 22.7. The van der Waals surface area contributed by atoms with E-state index in [1.54, 1.807) is 0 Å². The van der Waals surface area contributed by atoms with Gasteiger partial charge in [0.2, 0.25) is 0 Å². The summed E-state index contributed by atoms with van der Waals surface area (Å²) in [5.74, 6) is 0.896. The average molecular weight is 524 g/mol. The summed E-state index contributed by atoms with van der Waals surface area (Å²) in [6, 6.07) is 8.72. The summed E-state index contributed by atoms with van der Waals surface area (Å²) in [6.07, 6.45) is 5.96. The predicted octanol–water partition coefficient (Wildman–Crippen LogP) is 4.47.